The monoisotopic (exact) mass is 500 g/mol. The molecule has 176 valence electrons. The van der Waals surface area contributed by atoms with Gasteiger partial charge in [-0.3, -0.25) is 9.59 Å². The van der Waals surface area contributed by atoms with Gasteiger partial charge in [0.25, 0.3) is 0 Å². The summed E-state index contributed by atoms with van der Waals surface area (Å²) in [6.07, 6.45) is 15.0. The Hall–Kier alpha value is -1.43. The second-order valence-corrected chi connectivity index (χ2v) is 8.87. The van der Waals surface area contributed by atoms with Crippen LogP contribution in [0.4, 0.5) is 4.39 Å². The predicted molar refractivity (Wildman–Crippen MR) is 126 cm³/mol. The molecule has 0 radical (unpaired) electrons. The van der Waals surface area contributed by atoms with Gasteiger partial charge in [0.05, 0.1) is 11.1 Å². The van der Waals surface area contributed by atoms with E-state index in [2.05, 4.69) is 22.9 Å². The molecule has 0 amide bonds. The summed E-state index contributed by atoms with van der Waals surface area (Å²) < 4.78 is 24.0. The van der Waals surface area contributed by atoms with Crippen LogP contribution in [0.3, 0.4) is 0 Å². The van der Waals surface area contributed by atoms with E-state index in [9.17, 15) is 14.0 Å². The maximum atomic E-state index is 13.0. The van der Waals surface area contributed by atoms with Crippen LogP contribution >= 0.6 is 15.9 Å². The highest BCUT2D eigenvalue weighted by Gasteiger charge is 2.09. The third-order valence-electron chi connectivity index (χ3n) is 5.14. The maximum absolute atomic E-state index is 13.0. The van der Waals surface area contributed by atoms with Crippen LogP contribution in [0.5, 0.6) is 5.75 Å². The molecule has 0 atom stereocenters. The fourth-order valence-electron chi connectivity index (χ4n) is 3.29. The van der Waals surface area contributed by atoms with E-state index in [0.717, 1.165) is 51.4 Å². The lowest BCUT2D eigenvalue weighted by Gasteiger charge is -2.07. The molecule has 31 heavy (non-hydrogen) atoms. The summed E-state index contributed by atoms with van der Waals surface area (Å²) in [5, 5.41) is 0. The molecule has 0 bridgehead atoms. The van der Waals surface area contributed by atoms with Gasteiger partial charge in [-0.05, 0) is 53.4 Å². The molecule has 0 aliphatic heterocycles. The summed E-state index contributed by atoms with van der Waals surface area (Å²) in [5.74, 6) is -0.435. The van der Waals surface area contributed by atoms with E-state index in [1.807, 2.05) is 0 Å². The van der Waals surface area contributed by atoms with Crippen molar-refractivity contribution in [3.8, 4) is 5.75 Å². The van der Waals surface area contributed by atoms with Gasteiger partial charge in [0.1, 0.15) is 11.6 Å². The van der Waals surface area contributed by atoms with Crippen LogP contribution in [0.25, 0.3) is 0 Å². The third kappa shape index (κ3) is 15.1. The first-order valence-corrected chi connectivity index (χ1v) is 12.6. The molecule has 0 aromatic heterocycles. The topological polar surface area (TPSA) is 52.6 Å². The molecule has 6 heteroatoms. The lowest BCUT2D eigenvalue weighted by atomic mass is 10.1. The Morgan fingerprint density at radius 3 is 1.97 bits per heavy atom. The lowest BCUT2D eigenvalue weighted by molar-refractivity contribution is -0.144. The zero-order chi connectivity index (χ0) is 22.7. The highest BCUT2D eigenvalue weighted by atomic mass is 79.9. The Morgan fingerprint density at radius 1 is 0.806 bits per heavy atom. The van der Waals surface area contributed by atoms with Gasteiger partial charge in [-0.2, -0.15) is 0 Å². The van der Waals surface area contributed by atoms with Crippen molar-refractivity contribution < 1.29 is 23.5 Å². The molecule has 1 aromatic rings. The van der Waals surface area contributed by atoms with Gasteiger partial charge in [0.2, 0.25) is 0 Å². The van der Waals surface area contributed by atoms with E-state index in [1.165, 1.54) is 50.3 Å². The number of hydrogen-bond acceptors (Lipinski definition) is 4. The van der Waals surface area contributed by atoms with Crippen LogP contribution in [-0.4, -0.2) is 18.5 Å². The van der Waals surface area contributed by atoms with Gasteiger partial charge in [0, 0.05) is 12.8 Å². The van der Waals surface area contributed by atoms with Crippen molar-refractivity contribution in [3.05, 3.63) is 28.5 Å². The minimum absolute atomic E-state index is 0.0827. The molecule has 0 unspecified atom stereocenters. The Kier molecular flexibility index (Phi) is 16.2. The average molecular weight is 501 g/mol. The predicted octanol–water partition coefficient (Wildman–Crippen LogP) is 7.91. The zero-order valence-corrected chi connectivity index (χ0v) is 20.5. The maximum Gasteiger partial charge on any atom is 0.311 e. The Bertz CT molecular complexity index is 636. The molecule has 1 rings (SSSR count). The summed E-state index contributed by atoms with van der Waals surface area (Å²) >= 11 is 3.18. The number of carbonyl (C=O) groups excluding carboxylic acids is 2. The second kappa shape index (κ2) is 18.2. The Balaban J connectivity index is 1.90. The van der Waals surface area contributed by atoms with Crippen molar-refractivity contribution in [2.45, 2.75) is 103 Å². The number of esters is 2. The fourth-order valence-corrected chi connectivity index (χ4v) is 3.73. The van der Waals surface area contributed by atoms with Crippen LogP contribution in [-0.2, 0) is 14.3 Å². The van der Waals surface area contributed by atoms with Gasteiger partial charge < -0.3 is 9.47 Å². The van der Waals surface area contributed by atoms with Crippen molar-refractivity contribution in [2.75, 3.05) is 6.61 Å². The van der Waals surface area contributed by atoms with E-state index in [-0.39, 0.29) is 17.8 Å². The number of ether oxygens (including phenoxy) is 2. The first-order chi connectivity index (χ1) is 15.0. The number of hydrogen-bond donors (Lipinski definition) is 0. The first-order valence-electron chi connectivity index (χ1n) is 11.8. The van der Waals surface area contributed by atoms with Crippen LogP contribution in [0.2, 0.25) is 0 Å². The molecule has 0 aliphatic carbocycles. The number of rotatable bonds is 18. The molecule has 0 heterocycles. The number of unbranched alkanes of at least 4 members (excludes halogenated alkanes) is 11. The molecule has 0 spiro atoms. The minimum atomic E-state index is -0.381. The van der Waals surface area contributed by atoms with Gasteiger partial charge in [-0.25, -0.2) is 4.39 Å². The first kappa shape index (κ1) is 27.6. The number of halogens is 2. The molecule has 0 N–H and O–H groups in total. The largest absolute Gasteiger partial charge is 0.466 e. The zero-order valence-electron chi connectivity index (χ0n) is 18.9. The highest BCUT2D eigenvalue weighted by Crippen LogP contribution is 2.26. The number of carbonyl (C=O) groups is 2. The van der Waals surface area contributed by atoms with Crippen molar-refractivity contribution in [1.82, 2.24) is 0 Å². The van der Waals surface area contributed by atoms with Crippen molar-refractivity contribution in [3.63, 3.8) is 0 Å². The molecule has 0 fully saturated rings. The van der Waals surface area contributed by atoms with Crippen LogP contribution in [0.1, 0.15) is 103 Å². The van der Waals surface area contributed by atoms with Crippen molar-refractivity contribution in [1.29, 1.82) is 0 Å². The minimum Gasteiger partial charge on any atom is -0.466 e. The summed E-state index contributed by atoms with van der Waals surface area (Å²) in [6, 6.07) is 3.98. The molecule has 1 aromatic carbocycles. The van der Waals surface area contributed by atoms with Gasteiger partial charge in [-0.15, -0.1) is 0 Å². The van der Waals surface area contributed by atoms with Crippen LogP contribution < -0.4 is 4.74 Å². The highest BCUT2D eigenvalue weighted by molar-refractivity contribution is 9.10. The van der Waals surface area contributed by atoms with Gasteiger partial charge in [-0.1, -0.05) is 71.1 Å². The standard InChI is InChI=1S/C25H38BrFO4/c1-2-3-4-5-8-11-14-19-30-24(28)15-12-9-6-7-10-13-16-25(29)31-23-18-17-21(27)20-22(23)26/h17-18,20H,2-16,19H2,1H3. The van der Waals surface area contributed by atoms with E-state index in [4.69, 9.17) is 9.47 Å². The summed E-state index contributed by atoms with van der Waals surface area (Å²) in [4.78, 5) is 23.6. The van der Waals surface area contributed by atoms with E-state index < -0.39 is 0 Å². The SMILES string of the molecule is CCCCCCCCCOC(=O)CCCCCCCCC(=O)Oc1ccc(F)cc1Br. The van der Waals surface area contributed by atoms with Gasteiger partial charge in [0.15, 0.2) is 0 Å². The van der Waals surface area contributed by atoms with E-state index >= 15 is 0 Å². The molecular formula is C25H38BrFO4. The fraction of sp³-hybridized carbons (Fsp3) is 0.680. The van der Waals surface area contributed by atoms with Crippen LogP contribution in [0, 0.1) is 5.82 Å². The molecule has 0 aliphatic rings. The Morgan fingerprint density at radius 2 is 1.35 bits per heavy atom. The second-order valence-electron chi connectivity index (χ2n) is 8.01. The molecule has 4 nitrogen and oxygen atoms in total. The van der Waals surface area contributed by atoms with Crippen LogP contribution in [0.15, 0.2) is 22.7 Å². The molecule has 0 saturated carbocycles. The average Bonchev–Trinajstić information content (AvgIpc) is 2.74. The summed E-state index contributed by atoms with van der Waals surface area (Å²) in [7, 11) is 0. The quantitative estimate of drug-likeness (QED) is 0.117. The molecular weight excluding hydrogens is 463 g/mol. The van der Waals surface area contributed by atoms with Gasteiger partial charge >= 0.3 is 11.9 Å². The van der Waals surface area contributed by atoms with Crippen molar-refractivity contribution in [2.24, 2.45) is 0 Å². The van der Waals surface area contributed by atoms with E-state index in [0.29, 0.717) is 29.7 Å². The molecule has 0 saturated heterocycles. The third-order valence-corrected chi connectivity index (χ3v) is 5.76. The van der Waals surface area contributed by atoms with E-state index in [1.54, 1.807) is 0 Å². The summed E-state index contributed by atoms with van der Waals surface area (Å²) in [5.41, 5.74) is 0. The smallest absolute Gasteiger partial charge is 0.311 e. The number of benzene rings is 1. The lowest BCUT2D eigenvalue weighted by Crippen LogP contribution is -2.08. The normalized spacial score (nSPS) is 10.8. The summed E-state index contributed by atoms with van der Waals surface area (Å²) in [6.45, 7) is 2.77. The van der Waals surface area contributed by atoms with Crippen molar-refractivity contribution >= 4 is 27.9 Å². The Labute approximate surface area is 195 Å².